The molecule has 54 heavy (non-hydrogen) atoms. The van der Waals surface area contributed by atoms with Gasteiger partial charge in [-0.2, -0.15) is 0 Å². The molecule has 0 bridgehead atoms. The van der Waals surface area contributed by atoms with E-state index in [0.29, 0.717) is 0 Å². The first-order valence-corrected chi connectivity index (χ1v) is 19.8. The molecule has 0 N–H and O–H groups in total. The first-order valence-electron chi connectivity index (χ1n) is 19.0. The highest BCUT2D eigenvalue weighted by molar-refractivity contribution is 7.25. The van der Waals surface area contributed by atoms with E-state index in [1.807, 2.05) is 23.5 Å². The minimum absolute atomic E-state index is 0.102. The molecule has 0 atom stereocenters. The average Bonchev–Trinajstić information content (AvgIpc) is 3.87. The Kier molecular flexibility index (Phi) is 6.65. The van der Waals surface area contributed by atoms with E-state index in [-0.39, 0.29) is 10.8 Å². The molecule has 0 saturated carbocycles. The van der Waals surface area contributed by atoms with E-state index < -0.39 is 0 Å². The Labute approximate surface area is 318 Å². The molecule has 11 rings (SSSR count). The molecule has 1 aliphatic carbocycles. The van der Waals surface area contributed by atoms with Crippen molar-refractivity contribution in [2.24, 2.45) is 0 Å². The molecule has 1 aliphatic rings. The van der Waals surface area contributed by atoms with Gasteiger partial charge in [0, 0.05) is 64.2 Å². The van der Waals surface area contributed by atoms with Crippen LogP contribution in [0.15, 0.2) is 148 Å². The number of hydrogen-bond donors (Lipinski definition) is 0. The van der Waals surface area contributed by atoms with Gasteiger partial charge in [-0.3, -0.25) is 0 Å². The summed E-state index contributed by atoms with van der Waals surface area (Å²) in [7, 11) is 0. The van der Waals surface area contributed by atoms with Gasteiger partial charge in [0.25, 0.3) is 0 Å². The zero-order valence-electron chi connectivity index (χ0n) is 30.9. The summed E-state index contributed by atoms with van der Waals surface area (Å²) in [6, 6.07) is 50.7. The van der Waals surface area contributed by atoms with Crippen molar-refractivity contribution in [3.8, 4) is 11.1 Å². The Morgan fingerprint density at radius 1 is 0.463 bits per heavy atom. The van der Waals surface area contributed by atoms with Gasteiger partial charge in [-0.25, -0.2) is 0 Å². The van der Waals surface area contributed by atoms with Gasteiger partial charge < -0.3 is 13.7 Å². The van der Waals surface area contributed by atoms with Crippen molar-refractivity contribution in [2.45, 2.75) is 51.4 Å². The van der Waals surface area contributed by atoms with E-state index >= 15 is 0 Å². The molecule has 3 nitrogen and oxygen atoms in total. The molecule has 262 valence electrons. The van der Waals surface area contributed by atoms with Crippen LogP contribution < -0.4 is 4.90 Å². The predicted octanol–water partition coefficient (Wildman–Crippen LogP) is 15.3. The van der Waals surface area contributed by atoms with Crippen LogP contribution in [0.1, 0.15) is 51.7 Å². The largest absolute Gasteiger partial charge is 0.456 e. The number of benzene rings is 7. The Morgan fingerprint density at radius 2 is 1.09 bits per heavy atom. The highest BCUT2D eigenvalue weighted by Crippen LogP contribution is 2.50. The summed E-state index contributed by atoms with van der Waals surface area (Å²) in [6.45, 7) is 9.55. The fraction of sp³-hybridized carbons (Fsp3) is 0.160. The molecule has 0 spiro atoms. The molecule has 3 aromatic heterocycles. The third kappa shape index (κ3) is 4.66. The first-order chi connectivity index (χ1) is 26.2. The highest BCUT2D eigenvalue weighted by atomic mass is 32.1. The highest BCUT2D eigenvalue weighted by Gasteiger charge is 2.38. The van der Waals surface area contributed by atoms with Gasteiger partial charge in [0.15, 0.2) is 0 Å². The summed E-state index contributed by atoms with van der Waals surface area (Å²) in [5, 5.41) is 7.14. The van der Waals surface area contributed by atoms with Crippen molar-refractivity contribution in [3.63, 3.8) is 0 Å². The molecule has 0 radical (unpaired) electrons. The van der Waals surface area contributed by atoms with Crippen LogP contribution >= 0.6 is 11.3 Å². The summed E-state index contributed by atoms with van der Waals surface area (Å²) in [5.74, 6) is 0. The lowest BCUT2D eigenvalue weighted by atomic mass is 9.63. The normalized spacial score (nSPS) is 15.2. The molecule has 0 fully saturated rings. The van der Waals surface area contributed by atoms with Crippen molar-refractivity contribution < 1.29 is 8.83 Å². The zero-order chi connectivity index (χ0) is 36.3. The summed E-state index contributed by atoms with van der Waals surface area (Å²) in [6.07, 6.45) is 2.34. The number of anilines is 3. The number of fused-ring (bicyclic) bond motifs is 10. The lowest BCUT2D eigenvalue weighted by molar-refractivity contribution is 0.332. The average molecular weight is 718 g/mol. The van der Waals surface area contributed by atoms with Crippen LogP contribution in [0.3, 0.4) is 0 Å². The minimum Gasteiger partial charge on any atom is -0.456 e. The third-order valence-electron chi connectivity index (χ3n) is 12.1. The molecule has 0 aliphatic heterocycles. The van der Waals surface area contributed by atoms with E-state index in [1.54, 1.807) is 0 Å². The SMILES string of the molecule is CC1(C)CCC(C)(C)c2cc3c(cc21)oc1c(-c2ccccc2N(c2ccc4c(c2)sc2ccccc24)c2ccc4oc5ccccc5c4c2)cccc13. The zero-order valence-corrected chi connectivity index (χ0v) is 31.7. The number of thiophene rings is 1. The Bertz CT molecular complexity index is 3140. The topological polar surface area (TPSA) is 29.5 Å². The molecule has 0 unspecified atom stereocenters. The smallest absolute Gasteiger partial charge is 0.143 e. The van der Waals surface area contributed by atoms with E-state index in [9.17, 15) is 0 Å². The quantitative estimate of drug-likeness (QED) is 0.182. The molecule has 4 heteroatoms. The number of nitrogens with zero attached hydrogens (tertiary/aromatic N) is 1. The summed E-state index contributed by atoms with van der Waals surface area (Å²) in [4.78, 5) is 2.41. The van der Waals surface area contributed by atoms with Gasteiger partial charge in [0.1, 0.15) is 22.3 Å². The number of rotatable bonds is 4. The van der Waals surface area contributed by atoms with Crippen LogP contribution in [0.25, 0.3) is 75.2 Å². The molecule has 0 saturated heterocycles. The van der Waals surface area contributed by atoms with Gasteiger partial charge in [-0.05, 0) is 95.5 Å². The second-order valence-electron chi connectivity index (χ2n) is 16.4. The monoisotopic (exact) mass is 717 g/mol. The Hall–Kier alpha value is -5.84. The maximum absolute atomic E-state index is 6.97. The number of para-hydroxylation sites is 3. The molecular formula is C50H39NO2S. The van der Waals surface area contributed by atoms with Gasteiger partial charge >= 0.3 is 0 Å². The van der Waals surface area contributed by atoms with Gasteiger partial charge in [0.05, 0.1) is 5.69 Å². The molecule has 3 heterocycles. The summed E-state index contributed by atoms with van der Waals surface area (Å²) < 4.78 is 15.8. The van der Waals surface area contributed by atoms with Gasteiger partial charge in [0.2, 0.25) is 0 Å². The molecular weight excluding hydrogens is 679 g/mol. The standard InChI is InChI=1S/C50H39NO2S/c1-49(2)24-25-50(3,4)41-29-45-39(28-40(41)49)37-16-11-15-36(48(37)53-45)32-12-5-8-17-42(32)51(30-21-23-44-38(26-30)33-13-6-9-18-43(33)52-44)31-20-22-35-34-14-7-10-19-46(34)54-47(35)27-31/h5-23,26-29H,24-25H2,1-4H3. The van der Waals surface area contributed by atoms with Crippen LogP contribution in [-0.2, 0) is 10.8 Å². The van der Waals surface area contributed by atoms with Crippen molar-refractivity contribution in [3.05, 3.63) is 151 Å². The van der Waals surface area contributed by atoms with E-state index in [0.717, 1.165) is 66.7 Å². The fourth-order valence-corrected chi connectivity index (χ4v) is 10.2. The van der Waals surface area contributed by atoms with Crippen LogP contribution in [-0.4, -0.2) is 0 Å². The lowest BCUT2D eigenvalue weighted by Gasteiger charge is -2.41. The lowest BCUT2D eigenvalue weighted by Crippen LogP contribution is -2.33. The first kappa shape index (κ1) is 31.7. The third-order valence-corrected chi connectivity index (χ3v) is 13.3. The van der Waals surface area contributed by atoms with Crippen molar-refractivity contribution in [1.29, 1.82) is 0 Å². The van der Waals surface area contributed by atoms with Crippen LogP contribution in [0.2, 0.25) is 0 Å². The van der Waals surface area contributed by atoms with E-state index in [2.05, 4.69) is 160 Å². The maximum atomic E-state index is 6.97. The Balaban J connectivity index is 1.16. The van der Waals surface area contributed by atoms with Gasteiger partial charge in [-0.15, -0.1) is 11.3 Å². The molecule has 7 aromatic carbocycles. The maximum Gasteiger partial charge on any atom is 0.143 e. The molecule has 0 amide bonds. The van der Waals surface area contributed by atoms with Crippen molar-refractivity contribution >= 4 is 92.4 Å². The van der Waals surface area contributed by atoms with Crippen molar-refractivity contribution in [1.82, 2.24) is 0 Å². The van der Waals surface area contributed by atoms with Crippen LogP contribution in [0.5, 0.6) is 0 Å². The van der Waals surface area contributed by atoms with Crippen LogP contribution in [0.4, 0.5) is 17.1 Å². The predicted molar refractivity (Wildman–Crippen MR) is 229 cm³/mol. The fourth-order valence-electron chi connectivity index (χ4n) is 9.10. The summed E-state index contributed by atoms with van der Waals surface area (Å²) >= 11 is 1.85. The van der Waals surface area contributed by atoms with E-state index in [1.165, 1.54) is 49.5 Å². The minimum atomic E-state index is 0.102. The number of hydrogen-bond acceptors (Lipinski definition) is 4. The second kappa shape index (κ2) is 11.3. The Morgan fingerprint density at radius 3 is 1.96 bits per heavy atom. The second-order valence-corrected chi connectivity index (χ2v) is 17.4. The summed E-state index contributed by atoms with van der Waals surface area (Å²) in [5.41, 5.74) is 12.2. The van der Waals surface area contributed by atoms with Crippen LogP contribution in [0, 0.1) is 0 Å². The number of furan rings is 2. The van der Waals surface area contributed by atoms with Crippen molar-refractivity contribution in [2.75, 3.05) is 4.90 Å². The van der Waals surface area contributed by atoms with E-state index in [4.69, 9.17) is 8.83 Å². The molecule has 10 aromatic rings. The van der Waals surface area contributed by atoms with Gasteiger partial charge in [-0.1, -0.05) is 107 Å².